The molecule has 24 nitrogen and oxygen atoms in total. The van der Waals surface area contributed by atoms with Gasteiger partial charge in [0, 0.05) is 63.4 Å². The normalized spacial score (nSPS) is 24.6. The SMILES string of the molecule is C#CCCCC(=O)N[C@H](Cc1ccccc1)C(=O)N[C@@H](CCCCCC(=O)COCC(=O)O[C@@H](C(=O)O[C@H]1C[C@@]2(O)[C@@H](OC(=O)c3ccccc3)[C@@H]3[C@]4(OC(C)=O)CO[C@@H]4C[C@H](O)[C@@]3(C)C(=O)[C@H](OC(C)=O)C(=C1C)C2(C)C)C(NC(=O)c1ccccc1)c1ccccc1)C(=O)OCC. The molecule has 1 saturated heterocycles. The molecule has 24 heteroatoms. The van der Waals surface area contributed by atoms with Gasteiger partial charge in [0.15, 0.2) is 23.3 Å². The second-order valence-electron chi connectivity index (χ2n) is 26.1. The van der Waals surface area contributed by atoms with Crippen LogP contribution in [0, 0.1) is 29.1 Å². The van der Waals surface area contributed by atoms with Crippen LogP contribution in [0.25, 0.3) is 0 Å². The number of ketones is 2. The summed E-state index contributed by atoms with van der Waals surface area (Å²) in [4.78, 5) is 154. The van der Waals surface area contributed by atoms with Crippen molar-refractivity contribution in [2.75, 3.05) is 26.4 Å². The van der Waals surface area contributed by atoms with E-state index in [4.69, 9.17) is 44.3 Å². The van der Waals surface area contributed by atoms with Crippen molar-refractivity contribution in [3.05, 3.63) is 155 Å². The van der Waals surface area contributed by atoms with Crippen molar-refractivity contribution < 1.29 is 101 Å². The molecular weight excluding hydrogens is 1280 g/mol. The number of nitrogens with one attached hydrogen (secondary N) is 3. The fourth-order valence-electron chi connectivity index (χ4n) is 14.1. The molecule has 5 N–H and O–H groups in total. The van der Waals surface area contributed by atoms with Gasteiger partial charge in [0.05, 0.1) is 36.2 Å². The zero-order valence-electron chi connectivity index (χ0n) is 56.7. The van der Waals surface area contributed by atoms with Crippen molar-refractivity contribution in [2.45, 2.75) is 185 Å². The topological polar surface area (TPSA) is 338 Å². The molecule has 0 aromatic heterocycles. The van der Waals surface area contributed by atoms with Gasteiger partial charge in [0.25, 0.3) is 5.91 Å². The quantitative estimate of drug-likeness (QED) is 0.0120. The summed E-state index contributed by atoms with van der Waals surface area (Å²) >= 11 is 0. The molecule has 4 aliphatic rings. The second-order valence-corrected chi connectivity index (χ2v) is 26.1. The van der Waals surface area contributed by atoms with Crippen LogP contribution in [0.15, 0.2) is 132 Å². The minimum Gasteiger partial charge on any atom is -0.464 e. The Labute approximate surface area is 574 Å². The zero-order valence-corrected chi connectivity index (χ0v) is 56.7. The van der Waals surface area contributed by atoms with Gasteiger partial charge in [0.1, 0.15) is 55.3 Å². The maximum Gasteiger partial charge on any atom is 0.350 e. The third kappa shape index (κ3) is 17.4. The summed E-state index contributed by atoms with van der Waals surface area (Å²) in [5.41, 5.74) is -7.33. The van der Waals surface area contributed by atoms with Crippen LogP contribution in [0.1, 0.15) is 151 Å². The number of carbonyl (C=O) groups is 11. The largest absolute Gasteiger partial charge is 0.464 e. The first-order valence-electron chi connectivity index (χ1n) is 33.2. The molecule has 1 heterocycles. The van der Waals surface area contributed by atoms with Crippen molar-refractivity contribution in [3.8, 4) is 12.3 Å². The van der Waals surface area contributed by atoms with Gasteiger partial charge in [-0.15, -0.1) is 12.3 Å². The van der Waals surface area contributed by atoms with E-state index in [9.17, 15) is 53.4 Å². The smallest absolute Gasteiger partial charge is 0.350 e. The lowest BCUT2D eigenvalue weighted by molar-refractivity contribution is -0.346. The van der Waals surface area contributed by atoms with Gasteiger partial charge < -0.3 is 64.1 Å². The number of aliphatic hydroxyl groups is 2. The van der Waals surface area contributed by atoms with E-state index in [1.54, 1.807) is 85.8 Å². The number of esters is 6. The summed E-state index contributed by atoms with van der Waals surface area (Å²) in [5, 5.41) is 34.8. The fourth-order valence-corrected chi connectivity index (χ4v) is 14.1. The maximum absolute atomic E-state index is 15.9. The van der Waals surface area contributed by atoms with Crippen molar-refractivity contribution in [3.63, 3.8) is 0 Å². The van der Waals surface area contributed by atoms with Crippen molar-refractivity contribution in [1.82, 2.24) is 16.0 Å². The molecule has 13 atom stereocenters. The Kier molecular flexibility index (Phi) is 25.4. The van der Waals surface area contributed by atoms with E-state index < -0.39 is 168 Å². The third-order valence-corrected chi connectivity index (χ3v) is 19.2. The molecule has 3 amide bonds. The third-order valence-electron chi connectivity index (χ3n) is 19.2. The van der Waals surface area contributed by atoms with E-state index in [-0.39, 0.29) is 72.5 Å². The summed E-state index contributed by atoms with van der Waals surface area (Å²) in [6, 6.07) is 28.9. The number of benzene rings is 4. The Morgan fingerprint density at radius 1 is 0.727 bits per heavy atom. The lowest BCUT2D eigenvalue weighted by atomic mass is 9.44. The molecule has 4 aromatic rings. The van der Waals surface area contributed by atoms with Crippen LogP contribution in [-0.2, 0) is 87.5 Å². The summed E-state index contributed by atoms with van der Waals surface area (Å²) < 4.78 is 47.9. The van der Waals surface area contributed by atoms with Crippen LogP contribution in [0.5, 0.6) is 0 Å². The Bertz CT molecular complexity index is 3670. The summed E-state index contributed by atoms with van der Waals surface area (Å²) in [5.74, 6) is -8.31. The molecule has 0 spiro atoms. The predicted molar refractivity (Wildman–Crippen MR) is 354 cm³/mol. The number of fused-ring (bicyclic) bond motifs is 5. The van der Waals surface area contributed by atoms with Crippen LogP contribution in [0.2, 0.25) is 0 Å². The fraction of sp³-hybridized carbons (Fsp3) is 0.480. The summed E-state index contributed by atoms with van der Waals surface area (Å²) in [7, 11) is 0. The van der Waals surface area contributed by atoms with Gasteiger partial charge in [-0.2, -0.15) is 0 Å². The first kappa shape index (κ1) is 75.4. The van der Waals surface area contributed by atoms with E-state index in [0.717, 1.165) is 19.4 Å². The van der Waals surface area contributed by atoms with Crippen molar-refractivity contribution >= 4 is 65.1 Å². The van der Waals surface area contributed by atoms with Gasteiger partial charge >= 0.3 is 35.8 Å². The van der Waals surface area contributed by atoms with E-state index in [1.807, 2.05) is 18.2 Å². The zero-order chi connectivity index (χ0) is 71.8. The maximum atomic E-state index is 15.9. The Morgan fingerprint density at radius 3 is 1.97 bits per heavy atom. The average molecular weight is 1370 g/mol. The lowest BCUT2D eigenvalue weighted by Gasteiger charge is -2.67. The highest BCUT2D eigenvalue weighted by molar-refractivity contribution is 5.97. The number of aliphatic hydroxyl groups excluding tert-OH is 1. The van der Waals surface area contributed by atoms with Crippen molar-refractivity contribution in [1.29, 1.82) is 0 Å². The second kappa shape index (κ2) is 33.4. The minimum atomic E-state index is -2.56. The molecule has 99 heavy (non-hydrogen) atoms. The molecule has 0 radical (unpaired) electrons. The van der Waals surface area contributed by atoms with Crippen LogP contribution < -0.4 is 16.0 Å². The molecule has 4 aromatic carbocycles. The van der Waals surface area contributed by atoms with Crippen LogP contribution in [-0.4, -0.2) is 162 Å². The number of Topliss-reactive ketones (excluding diaryl/α,β-unsaturated/α-hetero) is 2. The standard InChI is InChI=1S/C75H87N3O21/c1-9-11-17-38-58(83)76-54(39-48-28-18-12-19-29-48)68(87)77-53(70(89)93-10-2)37-27-16-26-36-52(81)42-92-43-59(84)97-63(61(49-30-20-13-21-31-49)78-67(86)50-32-22-14-23-33-50)71(90)96-55-41-75(91)66(98-69(88)51-34-24-15-25-35-51)64-73(8,56(82)40-57-74(64,44-94-57)99-47(5)80)65(85)62(95-46(4)79)60(45(55)3)72(75,6)7/h1,12-15,18-25,28-35,53-57,61-64,66,82,91H,10-11,16-17,26-27,36-44H2,2-8H3,(H,76,83)(H,77,87)(H,78,86)/t53-,54+,55-,56-,57+,61?,62+,63+,64-,66-,73+,74-,75+/m0/s1. The van der Waals surface area contributed by atoms with Gasteiger partial charge in [0.2, 0.25) is 17.9 Å². The molecule has 1 aliphatic heterocycles. The number of carbonyl (C=O) groups excluding carboxylic acids is 11. The summed E-state index contributed by atoms with van der Waals surface area (Å²) in [6.07, 6.45) is -3.94. The van der Waals surface area contributed by atoms with Crippen LogP contribution in [0.4, 0.5) is 0 Å². The highest BCUT2D eigenvalue weighted by Crippen LogP contribution is 2.64. The average Bonchev–Trinajstić information content (AvgIpc) is 0.670. The number of terminal acetylenes is 1. The van der Waals surface area contributed by atoms with Gasteiger partial charge in [-0.1, -0.05) is 124 Å². The van der Waals surface area contributed by atoms with Gasteiger partial charge in [-0.25, -0.2) is 19.2 Å². The number of rotatable bonds is 31. The monoisotopic (exact) mass is 1370 g/mol. The lowest BCUT2D eigenvalue weighted by Crippen LogP contribution is -2.82. The molecule has 2 saturated carbocycles. The number of amides is 3. The number of hydrogen-bond acceptors (Lipinski definition) is 21. The Hall–Kier alpha value is -9.41. The number of unbranched alkanes of at least 4 members (excludes halogenated alkanes) is 3. The molecule has 528 valence electrons. The molecule has 1 unspecified atom stereocenters. The van der Waals surface area contributed by atoms with E-state index in [1.165, 1.54) is 52.0 Å². The Balaban J connectivity index is 1.04. The highest BCUT2D eigenvalue weighted by atomic mass is 16.6. The predicted octanol–water partition coefficient (Wildman–Crippen LogP) is 6.40. The highest BCUT2D eigenvalue weighted by Gasteiger charge is 2.78. The van der Waals surface area contributed by atoms with Gasteiger partial charge in [-0.05, 0) is 86.6 Å². The number of ether oxygens (including phenoxy) is 8. The molecule has 8 rings (SSSR count). The first-order chi connectivity index (χ1) is 47.2. The molecule has 3 fully saturated rings. The molecule has 3 aliphatic carbocycles. The van der Waals surface area contributed by atoms with Crippen molar-refractivity contribution in [2.24, 2.45) is 16.7 Å². The molecule has 2 bridgehead atoms. The van der Waals surface area contributed by atoms with Crippen LogP contribution in [0.3, 0.4) is 0 Å². The van der Waals surface area contributed by atoms with Crippen LogP contribution >= 0.6 is 0 Å². The first-order valence-corrected chi connectivity index (χ1v) is 33.2. The van der Waals surface area contributed by atoms with E-state index in [2.05, 4.69) is 21.9 Å². The Morgan fingerprint density at radius 2 is 1.36 bits per heavy atom. The minimum absolute atomic E-state index is 0.000395. The van der Waals surface area contributed by atoms with E-state index in [0.29, 0.717) is 32.1 Å². The van der Waals surface area contributed by atoms with E-state index >= 15 is 9.59 Å². The number of hydrogen-bond donors (Lipinski definition) is 5. The summed E-state index contributed by atoms with van der Waals surface area (Å²) in [6.45, 7) is 7.77. The molecular formula is C75H87N3O21. The van der Waals surface area contributed by atoms with Gasteiger partial charge in [-0.3, -0.25) is 33.6 Å².